The Morgan fingerprint density at radius 1 is 1.36 bits per heavy atom. The number of aryl methyl sites for hydroxylation is 1. The van der Waals surface area contributed by atoms with E-state index in [4.69, 9.17) is 0 Å². The SMILES string of the molecule is Cc1c([C@H](C)NC(=O)[C@@H]2CC(=O)N(Cc3ccccc3)C2)cnn1C. The molecule has 1 aliphatic heterocycles. The van der Waals surface area contributed by atoms with Crippen molar-refractivity contribution in [3.63, 3.8) is 0 Å². The molecule has 3 rings (SSSR count). The van der Waals surface area contributed by atoms with E-state index in [-0.39, 0.29) is 30.2 Å². The molecule has 6 nitrogen and oxygen atoms in total. The largest absolute Gasteiger partial charge is 0.349 e. The quantitative estimate of drug-likeness (QED) is 0.905. The summed E-state index contributed by atoms with van der Waals surface area (Å²) >= 11 is 0. The molecule has 1 aromatic carbocycles. The number of hydrogen-bond acceptors (Lipinski definition) is 3. The fourth-order valence-electron chi connectivity index (χ4n) is 3.25. The summed E-state index contributed by atoms with van der Waals surface area (Å²) in [6, 6.07) is 9.73. The van der Waals surface area contributed by atoms with Gasteiger partial charge in [0.25, 0.3) is 0 Å². The topological polar surface area (TPSA) is 67.2 Å². The Morgan fingerprint density at radius 3 is 2.72 bits per heavy atom. The zero-order chi connectivity index (χ0) is 18.0. The minimum atomic E-state index is -0.296. The van der Waals surface area contributed by atoms with Crippen LogP contribution in [0.1, 0.15) is 36.2 Å². The average molecular weight is 340 g/mol. The first-order chi connectivity index (χ1) is 12.0. The highest BCUT2D eigenvalue weighted by molar-refractivity contribution is 5.89. The first-order valence-corrected chi connectivity index (χ1v) is 8.56. The van der Waals surface area contributed by atoms with E-state index in [2.05, 4.69) is 10.4 Å². The normalized spacial score (nSPS) is 18.4. The molecule has 0 unspecified atom stereocenters. The van der Waals surface area contributed by atoms with Crippen LogP contribution in [0.25, 0.3) is 0 Å². The number of nitrogens with one attached hydrogen (secondary N) is 1. The number of rotatable bonds is 5. The maximum atomic E-state index is 12.6. The van der Waals surface area contributed by atoms with E-state index in [9.17, 15) is 9.59 Å². The second kappa shape index (κ2) is 7.09. The van der Waals surface area contributed by atoms with Crippen molar-refractivity contribution in [2.75, 3.05) is 6.54 Å². The van der Waals surface area contributed by atoms with E-state index >= 15 is 0 Å². The smallest absolute Gasteiger partial charge is 0.225 e. The van der Waals surface area contributed by atoms with Gasteiger partial charge in [0.15, 0.2) is 0 Å². The van der Waals surface area contributed by atoms with Gasteiger partial charge < -0.3 is 10.2 Å². The van der Waals surface area contributed by atoms with Crippen LogP contribution in [0.3, 0.4) is 0 Å². The monoisotopic (exact) mass is 340 g/mol. The second-order valence-electron chi connectivity index (χ2n) is 6.70. The van der Waals surface area contributed by atoms with Crippen molar-refractivity contribution >= 4 is 11.8 Å². The molecule has 0 radical (unpaired) electrons. The minimum absolute atomic E-state index is 0.0363. The lowest BCUT2D eigenvalue weighted by atomic mass is 10.1. The highest BCUT2D eigenvalue weighted by Gasteiger charge is 2.34. The van der Waals surface area contributed by atoms with Crippen molar-refractivity contribution < 1.29 is 9.59 Å². The Labute approximate surface area is 147 Å². The van der Waals surface area contributed by atoms with Crippen LogP contribution in [-0.4, -0.2) is 33.0 Å². The highest BCUT2D eigenvalue weighted by Crippen LogP contribution is 2.22. The van der Waals surface area contributed by atoms with Crippen LogP contribution in [0.15, 0.2) is 36.5 Å². The lowest BCUT2D eigenvalue weighted by Gasteiger charge is -2.18. The summed E-state index contributed by atoms with van der Waals surface area (Å²) in [6.07, 6.45) is 2.05. The van der Waals surface area contributed by atoms with Crippen LogP contribution < -0.4 is 5.32 Å². The van der Waals surface area contributed by atoms with E-state index in [1.165, 1.54) is 0 Å². The van der Waals surface area contributed by atoms with Gasteiger partial charge in [-0.2, -0.15) is 5.10 Å². The Morgan fingerprint density at radius 2 is 2.08 bits per heavy atom. The molecule has 2 atom stereocenters. The summed E-state index contributed by atoms with van der Waals surface area (Å²) in [5.74, 6) is -0.329. The Bertz CT molecular complexity index is 769. The first kappa shape index (κ1) is 17.2. The second-order valence-corrected chi connectivity index (χ2v) is 6.70. The van der Waals surface area contributed by atoms with E-state index in [1.54, 1.807) is 15.8 Å². The number of carbonyl (C=O) groups is 2. The van der Waals surface area contributed by atoms with Gasteiger partial charge in [-0.05, 0) is 19.4 Å². The number of likely N-dealkylation sites (tertiary alicyclic amines) is 1. The molecule has 2 heterocycles. The van der Waals surface area contributed by atoms with Crippen molar-refractivity contribution in [2.24, 2.45) is 13.0 Å². The maximum absolute atomic E-state index is 12.6. The van der Waals surface area contributed by atoms with Crippen LogP contribution in [0.2, 0.25) is 0 Å². The summed E-state index contributed by atoms with van der Waals surface area (Å²) in [5.41, 5.74) is 3.11. The molecule has 1 aromatic heterocycles. The summed E-state index contributed by atoms with van der Waals surface area (Å²) in [6.45, 7) is 4.95. The van der Waals surface area contributed by atoms with Gasteiger partial charge in [0.05, 0.1) is 18.2 Å². The molecule has 0 spiro atoms. The summed E-state index contributed by atoms with van der Waals surface area (Å²) in [7, 11) is 1.88. The molecule has 0 bridgehead atoms. The molecule has 1 aliphatic rings. The number of nitrogens with zero attached hydrogens (tertiary/aromatic N) is 3. The molecule has 2 aromatic rings. The van der Waals surface area contributed by atoms with Gasteiger partial charge in [-0.3, -0.25) is 14.3 Å². The molecule has 6 heteroatoms. The third-order valence-electron chi connectivity index (χ3n) is 4.90. The van der Waals surface area contributed by atoms with Crippen molar-refractivity contribution in [1.82, 2.24) is 20.0 Å². The van der Waals surface area contributed by atoms with Crippen molar-refractivity contribution in [1.29, 1.82) is 0 Å². The first-order valence-electron chi connectivity index (χ1n) is 8.56. The van der Waals surface area contributed by atoms with Gasteiger partial charge in [-0.15, -0.1) is 0 Å². The fourth-order valence-corrected chi connectivity index (χ4v) is 3.25. The lowest BCUT2D eigenvalue weighted by Crippen LogP contribution is -2.34. The van der Waals surface area contributed by atoms with Crippen LogP contribution in [0.4, 0.5) is 0 Å². The number of carbonyl (C=O) groups excluding carboxylic acids is 2. The standard InChI is InChI=1S/C19H24N4O2/c1-13(17-10-20-22(3)14(17)2)21-19(25)16-9-18(24)23(12-16)11-15-7-5-4-6-8-15/h4-8,10,13,16H,9,11-12H2,1-3H3,(H,21,25)/t13-,16+/m0/s1. The molecular formula is C19H24N4O2. The van der Waals surface area contributed by atoms with Gasteiger partial charge >= 0.3 is 0 Å². The molecule has 132 valence electrons. The third-order valence-corrected chi connectivity index (χ3v) is 4.90. The van der Waals surface area contributed by atoms with E-state index in [0.29, 0.717) is 13.1 Å². The van der Waals surface area contributed by atoms with Crippen LogP contribution in [0.5, 0.6) is 0 Å². The van der Waals surface area contributed by atoms with Gasteiger partial charge in [-0.25, -0.2) is 0 Å². The highest BCUT2D eigenvalue weighted by atomic mass is 16.2. The van der Waals surface area contributed by atoms with Crippen LogP contribution >= 0.6 is 0 Å². The number of amides is 2. The van der Waals surface area contributed by atoms with E-state index in [0.717, 1.165) is 16.8 Å². The molecular weight excluding hydrogens is 316 g/mol. The number of hydrogen-bond donors (Lipinski definition) is 1. The van der Waals surface area contributed by atoms with Crippen LogP contribution in [-0.2, 0) is 23.2 Å². The zero-order valence-electron chi connectivity index (χ0n) is 14.9. The van der Waals surface area contributed by atoms with Gasteiger partial charge in [-0.1, -0.05) is 30.3 Å². The summed E-state index contributed by atoms with van der Waals surface area (Å²) in [5, 5.41) is 7.24. The van der Waals surface area contributed by atoms with E-state index < -0.39 is 0 Å². The Kier molecular flexibility index (Phi) is 4.88. The molecule has 0 aliphatic carbocycles. The predicted octanol–water partition coefficient (Wildman–Crippen LogP) is 1.95. The van der Waals surface area contributed by atoms with Gasteiger partial charge in [0.2, 0.25) is 11.8 Å². The van der Waals surface area contributed by atoms with Crippen molar-refractivity contribution in [3.8, 4) is 0 Å². The molecule has 1 fully saturated rings. The van der Waals surface area contributed by atoms with Crippen molar-refractivity contribution in [2.45, 2.75) is 32.9 Å². The number of benzene rings is 1. The Hall–Kier alpha value is -2.63. The van der Waals surface area contributed by atoms with Crippen LogP contribution in [0, 0.1) is 12.8 Å². The number of aromatic nitrogens is 2. The van der Waals surface area contributed by atoms with Gasteiger partial charge in [0.1, 0.15) is 0 Å². The fraction of sp³-hybridized carbons (Fsp3) is 0.421. The molecule has 2 amide bonds. The Balaban J connectivity index is 1.60. The van der Waals surface area contributed by atoms with Crippen molar-refractivity contribution in [3.05, 3.63) is 53.3 Å². The summed E-state index contributed by atoms with van der Waals surface area (Å²) in [4.78, 5) is 26.6. The predicted molar refractivity (Wildman–Crippen MR) is 94.5 cm³/mol. The lowest BCUT2D eigenvalue weighted by molar-refractivity contribution is -0.129. The van der Waals surface area contributed by atoms with Gasteiger partial charge in [0, 0.05) is 37.8 Å². The molecule has 1 N–H and O–H groups in total. The minimum Gasteiger partial charge on any atom is -0.349 e. The molecule has 25 heavy (non-hydrogen) atoms. The maximum Gasteiger partial charge on any atom is 0.225 e. The summed E-state index contributed by atoms with van der Waals surface area (Å²) < 4.78 is 1.79. The van der Waals surface area contributed by atoms with E-state index in [1.807, 2.05) is 51.2 Å². The molecule has 1 saturated heterocycles. The third kappa shape index (κ3) is 3.73. The zero-order valence-corrected chi connectivity index (χ0v) is 14.9. The average Bonchev–Trinajstić information content (AvgIpc) is 3.12. The molecule has 0 saturated carbocycles.